The molecule has 0 aromatic heterocycles. The maximum Gasteiger partial charge on any atom is 0.390 e. The first-order valence-corrected chi connectivity index (χ1v) is 4.99. The highest BCUT2D eigenvalue weighted by atomic mass is 19.4. The van der Waals surface area contributed by atoms with E-state index >= 15 is 0 Å². The van der Waals surface area contributed by atoms with E-state index in [1.54, 1.807) is 0 Å². The lowest BCUT2D eigenvalue weighted by atomic mass is 9.98. The SMILES string of the molecule is O=C1CCC(C(=O)NCCC(F)(F)F)CN1. The van der Waals surface area contributed by atoms with Gasteiger partial charge in [0.25, 0.3) is 0 Å². The number of hydrogen-bond acceptors (Lipinski definition) is 2. The van der Waals surface area contributed by atoms with E-state index in [0.29, 0.717) is 6.42 Å². The molecule has 1 atom stereocenters. The van der Waals surface area contributed by atoms with E-state index in [1.165, 1.54) is 0 Å². The van der Waals surface area contributed by atoms with E-state index in [2.05, 4.69) is 10.6 Å². The number of carbonyl (C=O) groups excluding carboxylic acids is 2. The van der Waals surface area contributed by atoms with E-state index in [1.807, 2.05) is 0 Å². The lowest BCUT2D eigenvalue weighted by molar-refractivity contribution is -0.136. The van der Waals surface area contributed by atoms with Crippen LogP contribution in [-0.2, 0) is 9.59 Å². The van der Waals surface area contributed by atoms with E-state index < -0.39 is 31.0 Å². The number of piperidine rings is 1. The van der Waals surface area contributed by atoms with Gasteiger partial charge in [-0.1, -0.05) is 0 Å². The van der Waals surface area contributed by atoms with Gasteiger partial charge in [0.15, 0.2) is 0 Å². The molecule has 1 aliphatic heterocycles. The van der Waals surface area contributed by atoms with Crippen LogP contribution in [0.5, 0.6) is 0 Å². The van der Waals surface area contributed by atoms with Crippen molar-refractivity contribution in [2.24, 2.45) is 5.92 Å². The zero-order valence-electron chi connectivity index (χ0n) is 8.56. The molecule has 1 heterocycles. The van der Waals surface area contributed by atoms with Crippen LogP contribution in [0.3, 0.4) is 0 Å². The minimum Gasteiger partial charge on any atom is -0.355 e. The van der Waals surface area contributed by atoms with Crippen LogP contribution in [-0.4, -0.2) is 31.1 Å². The Bertz CT molecular complexity index is 268. The molecule has 1 saturated heterocycles. The van der Waals surface area contributed by atoms with Crippen LogP contribution in [0, 0.1) is 5.92 Å². The fraction of sp³-hybridized carbons (Fsp3) is 0.778. The molecule has 2 amide bonds. The molecule has 1 rings (SSSR count). The van der Waals surface area contributed by atoms with Gasteiger partial charge >= 0.3 is 6.18 Å². The second-order valence-electron chi connectivity index (χ2n) is 3.70. The molecule has 1 aliphatic rings. The van der Waals surface area contributed by atoms with E-state index in [4.69, 9.17) is 0 Å². The third-order valence-electron chi connectivity index (χ3n) is 2.34. The summed E-state index contributed by atoms with van der Waals surface area (Å²) in [5.74, 6) is -0.963. The highest BCUT2D eigenvalue weighted by molar-refractivity contribution is 5.83. The molecule has 2 N–H and O–H groups in total. The summed E-state index contributed by atoms with van der Waals surface area (Å²) in [5, 5.41) is 4.71. The van der Waals surface area contributed by atoms with Gasteiger partial charge in [-0.05, 0) is 6.42 Å². The van der Waals surface area contributed by atoms with Gasteiger partial charge in [0, 0.05) is 19.5 Å². The summed E-state index contributed by atoms with van der Waals surface area (Å²) >= 11 is 0. The Balaban J connectivity index is 2.22. The summed E-state index contributed by atoms with van der Waals surface area (Å²) in [4.78, 5) is 22.1. The van der Waals surface area contributed by atoms with Crippen molar-refractivity contribution in [3.8, 4) is 0 Å². The Morgan fingerprint density at radius 3 is 2.69 bits per heavy atom. The van der Waals surface area contributed by atoms with E-state index in [0.717, 1.165) is 0 Å². The fourth-order valence-electron chi connectivity index (χ4n) is 1.43. The molecule has 4 nitrogen and oxygen atoms in total. The Morgan fingerprint density at radius 2 is 2.19 bits per heavy atom. The molecule has 0 bridgehead atoms. The number of amides is 2. The van der Waals surface area contributed by atoms with Crippen molar-refractivity contribution >= 4 is 11.8 Å². The Hall–Kier alpha value is -1.27. The van der Waals surface area contributed by atoms with Crippen LogP contribution < -0.4 is 10.6 Å². The lowest BCUT2D eigenvalue weighted by Gasteiger charge is -2.21. The molecule has 1 fully saturated rings. The molecular weight excluding hydrogens is 225 g/mol. The van der Waals surface area contributed by atoms with Gasteiger partial charge < -0.3 is 10.6 Å². The van der Waals surface area contributed by atoms with Crippen molar-refractivity contribution in [3.05, 3.63) is 0 Å². The zero-order chi connectivity index (χ0) is 12.2. The molecule has 0 aliphatic carbocycles. The van der Waals surface area contributed by atoms with E-state index in [9.17, 15) is 22.8 Å². The molecule has 0 spiro atoms. The normalized spacial score (nSPS) is 21.4. The summed E-state index contributed by atoms with van der Waals surface area (Å²) in [6, 6.07) is 0. The Labute approximate surface area is 90.6 Å². The average molecular weight is 238 g/mol. The second kappa shape index (κ2) is 5.18. The molecule has 16 heavy (non-hydrogen) atoms. The van der Waals surface area contributed by atoms with Gasteiger partial charge in [-0.2, -0.15) is 13.2 Å². The maximum absolute atomic E-state index is 11.8. The minimum absolute atomic E-state index is 0.126. The standard InChI is InChI=1S/C9H13F3N2O2/c10-9(11,12)3-4-13-8(16)6-1-2-7(15)14-5-6/h6H,1-5H2,(H,13,16)(H,14,15). The molecule has 0 radical (unpaired) electrons. The Morgan fingerprint density at radius 1 is 1.50 bits per heavy atom. The summed E-state index contributed by atoms with van der Waals surface area (Å²) in [6.07, 6.45) is -4.65. The number of halogens is 3. The summed E-state index contributed by atoms with van der Waals surface area (Å²) in [6.45, 7) is -0.205. The van der Waals surface area contributed by atoms with Crippen molar-refractivity contribution in [2.45, 2.75) is 25.4 Å². The zero-order valence-corrected chi connectivity index (χ0v) is 8.56. The van der Waals surface area contributed by atoms with E-state index in [-0.39, 0.29) is 18.9 Å². The molecule has 1 unspecified atom stereocenters. The average Bonchev–Trinajstić information content (AvgIpc) is 2.16. The van der Waals surface area contributed by atoms with Crippen LogP contribution in [0.2, 0.25) is 0 Å². The van der Waals surface area contributed by atoms with Gasteiger partial charge in [-0.25, -0.2) is 0 Å². The summed E-state index contributed by atoms with van der Waals surface area (Å²) < 4.78 is 35.4. The van der Waals surface area contributed by atoms with Crippen molar-refractivity contribution < 1.29 is 22.8 Å². The highest BCUT2D eigenvalue weighted by Gasteiger charge is 2.28. The molecule has 92 valence electrons. The molecule has 0 aromatic rings. The second-order valence-corrected chi connectivity index (χ2v) is 3.70. The van der Waals surface area contributed by atoms with Crippen molar-refractivity contribution in [2.75, 3.05) is 13.1 Å². The number of rotatable bonds is 3. The van der Waals surface area contributed by atoms with Gasteiger partial charge in [0.2, 0.25) is 11.8 Å². The minimum atomic E-state index is -4.26. The molecule has 0 saturated carbocycles. The van der Waals surface area contributed by atoms with Crippen molar-refractivity contribution in [1.82, 2.24) is 10.6 Å². The van der Waals surface area contributed by atoms with Gasteiger partial charge in [0.05, 0.1) is 12.3 Å². The molecule has 7 heteroatoms. The number of carbonyl (C=O) groups is 2. The van der Waals surface area contributed by atoms with Crippen LogP contribution >= 0.6 is 0 Å². The first-order chi connectivity index (χ1) is 7.38. The van der Waals surface area contributed by atoms with Crippen LogP contribution in [0.25, 0.3) is 0 Å². The number of hydrogen-bond donors (Lipinski definition) is 2. The van der Waals surface area contributed by atoms with Crippen molar-refractivity contribution in [3.63, 3.8) is 0 Å². The van der Waals surface area contributed by atoms with Crippen LogP contribution in [0.4, 0.5) is 13.2 Å². The summed E-state index contributed by atoms with van der Waals surface area (Å²) in [7, 11) is 0. The molecule has 0 aromatic carbocycles. The predicted octanol–water partition coefficient (Wildman–Crippen LogP) is 0.581. The Kier molecular flexibility index (Phi) is 4.14. The van der Waals surface area contributed by atoms with Gasteiger partial charge in [-0.3, -0.25) is 9.59 Å². The first kappa shape index (κ1) is 12.8. The molecular formula is C9H13F3N2O2. The van der Waals surface area contributed by atoms with Crippen LogP contribution in [0.1, 0.15) is 19.3 Å². The fourth-order valence-corrected chi connectivity index (χ4v) is 1.43. The first-order valence-electron chi connectivity index (χ1n) is 4.99. The highest BCUT2D eigenvalue weighted by Crippen LogP contribution is 2.18. The number of nitrogens with one attached hydrogen (secondary N) is 2. The third kappa shape index (κ3) is 4.50. The smallest absolute Gasteiger partial charge is 0.355 e. The quantitative estimate of drug-likeness (QED) is 0.755. The number of alkyl halides is 3. The predicted molar refractivity (Wildman–Crippen MR) is 49.4 cm³/mol. The third-order valence-corrected chi connectivity index (χ3v) is 2.34. The van der Waals surface area contributed by atoms with Gasteiger partial charge in [-0.15, -0.1) is 0 Å². The monoisotopic (exact) mass is 238 g/mol. The van der Waals surface area contributed by atoms with Gasteiger partial charge in [0.1, 0.15) is 0 Å². The largest absolute Gasteiger partial charge is 0.390 e. The van der Waals surface area contributed by atoms with Crippen molar-refractivity contribution in [1.29, 1.82) is 0 Å². The van der Waals surface area contributed by atoms with Crippen LogP contribution in [0.15, 0.2) is 0 Å². The lowest BCUT2D eigenvalue weighted by Crippen LogP contribution is -2.43. The topological polar surface area (TPSA) is 58.2 Å². The maximum atomic E-state index is 11.8. The summed E-state index contributed by atoms with van der Waals surface area (Å²) in [5.41, 5.74) is 0.